The summed E-state index contributed by atoms with van der Waals surface area (Å²) in [5, 5.41) is 10.9. The minimum absolute atomic E-state index is 0.0276. The normalized spacial score (nSPS) is 21.9. The van der Waals surface area contributed by atoms with Gasteiger partial charge in [-0.2, -0.15) is 0 Å². The minimum atomic E-state index is -0.771. The van der Waals surface area contributed by atoms with Crippen LogP contribution in [0.5, 0.6) is 0 Å². The number of likely N-dealkylation sites (tertiary alicyclic amines) is 1. The largest absolute Gasteiger partial charge is 0.507 e. The third-order valence-corrected chi connectivity index (χ3v) is 5.53. The van der Waals surface area contributed by atoms with Gasteiger partial charge in [0.05, 0.1) is 24.8 Å². The Balaban J connectivity index is 1.72. The molecule has 1 N–H and O–H groups in total. The van der Waals surface area contributed by atoms with Crippen LogP contribution >= 0.6 is 0 Å². The highest BCUT2D eigenvalue weighted by Gasteiger charge is 2.46. The number of morpholine rings is 1. The maximum absolute atomic E-state index is 13.5. The van der Waals surface area contributed by atoms with Crippen molar-refractivity contribution >= 4 is 17.4 Å². The van der Waals surface area contributed by atoms with Crippen LogP contribution in [-0.4, -0.2) is 66.0 Å². The van der Waals surface area contributed by atoms with Gasteiger partial charge >= 0.3 is 0 Å². The molecule has 156 valence electrons. The molecule has 2 fully saturated rings. The number of carbonyl (C=O) groups is 2. The lowest BCUT2D eigenvalue weighted by Crippen LogP contribution is -2.42. The Morgan fingerprint density at radius 3 is 2.33 bits per heavy atom. The molecular weight excluding hydrogens is 387 g/mol. The molecule has 7 heteroatoms. The van der Waals surface area contributed by atoms with Crippen molar-refractivity contribution < 1.29 is 23.8 Å². The number of rotatable bonds is 5. The molecule has 1 unspecified atom stereocenters. The predicted octanol–water partition coefficient (Wildman–Crippen LogP) is 2.58. The van der Waals surface area contributed by atoms with Crippen LogP contribution in [-0.2, 0) is 14.3 Å². The minimum Gasteiger partial charge on any atom is -0.507 e. The van der Waals surface area contributed by atoms with Crippen LogP contribution in [0.2, 0.25) is 0 Å². The van der Waals surface area contributed by atoms with Crippen molar-refractivity contribution in [1.82, 2.24) is 9.80 Å². The second kappa shape index (κ2) is 8.77. The van der Waals surface area contributed by atoms with E-state index in [1.807, 2.05) is 0 Å². The first-order valence-corrected chi connectivity index (χ1v) is 9.95. The monoisotopic (exact) mass is 410 g/mol. The summed E-state index contributed by atoms with van der Waals surface area (Å²) in [5.41, 5.74) is 1.06. The SMILES string of the molecule is O=C1C(=O)N(CCN2CCOCC2)C(c2ccc(F)cc2)/C1=C(/O)c1ccccc1. The van der Waals surface area contributed by atoms with E-state index in [-0.39, 0.29) is 11.3 Å². The van der Waals surface area contributed by atoms with E-state index < -0.39 is 23.5 Å². The Hall–Kier alpha value is -3.03. The first-order chi connectivity index (χ1) is 14.6. The van der Waals surface area contributed by atoms with Crippen LogP contribution in [0.1, 0.15) is 17.2 Å². The van der Waals surface area contributed by atoms with E-state index in [4.69, 9.17) is 4.74 Å². The number of Topliss-reactive ketones (excluding diaryl/α,β-unsaturated/α-hetero) is 1. The van der Waals surface area contributed by atoms with E-state index in [0.29, 0.717) is 37.4 Å². The topological polar surface area (TPSA) is 70.1 Å². The molecule has 0 saturated carbocycles. The van der Waals surface area contributed by atoms with Gasteiger partial charge in [0, 0.05) is 31.7 Å². The highest BCUT2D eigenvalue weighted by molar-refractivity contribution is 6.46. The average molecular weight is 410 g/mol. The highest BCUT2D eigenvalue weighted by atomic mass is 19.1. The predicted molar refractivity (Wildman–Crippen MR) is 109 cm³/mol. The van der Waals surface area contributed by atoms with Gasteiger partial charge in [0.15, 0.2) is 0 Å². The molecule has 0 aromatic heterocycles. The lowest BCUT2D eigenvalue weighted by molar-refractivity contribution is -0.140. The number of hydrogen-bond donors (Lipinski definition) is 1. The number of aliphatic hydroxyl groups excluding tert-OH is 1. The highest BCUT2D eigenvalue weighted by Crippen LogP contribution is 2.39. The zero-order chi connectivity index (χ0) is 21.1. The summed E-state index contributed by atoms with van der Waals surface area (Å²) in [4.78, 5) is 29.4. The van der Waals surface area contributed by atoms with Crippen LogP contribution in [0, 0.1) is 5.82 Å². The molecule has 2 aromatic rings. The summed E-state index contributed by atoms with van der Waals surface area (Å²) in [7, 11) is 0. The molecule has 0 aliphatic carbocycles. The molecule has 2 aliphatic rings. The molecule has 1 amide bonds. The van der Waals surface area contributed by atoms with E-state index in [0.717, 1.165) is 13.1 Å². The van der Waals surface area contributed by atoms with Gasteiger partial charge in [-0.15, -0.1) is 0 Å². The summed E-state index contributed by atoms with van der Waals surface area (Å²) in [6.07, 6.45) is 0. The number of benzene rings is 2. The number of nitrogens with zero attached hydrogens (tertiary/aromatic N) is 2. The number of aliphatic hydroxyl groups is 1. The molecule has 0 spiro atoms. The van der Waals surface area contributed by atoms with Gasteiger partial charge in [-0.3, -0.25) is 14.5 Å². The Bertz CT molecular complexity index is 953. The zero-order valence-corrected chi connectivity index (χ0v) is 16.5. The maximum atomic E-state index is 13.5. The Morgan fingerprint density at radius 1 is 1.00 bits per heavy atom. The standard InChI is InChI=1S/C23H23FN2O4/c24-18-8-6-16(7-9-18)20-19(21(27)17-4-2-1-3-5-17)22(28)23(29)26(20)11-10-25-12-14-30-15-13-25/h1-9,20,27H,10-15H2/b21-19-. The van der Waals surface area contributed by atoms with Crippen LogP contribution in [0.3, 0.4) is 0 Å². The number of ketones is 1. The fourth-order valence-electron chi connectivity index (χ4n) is 3.93. The van der Waals surface area contributed by atoms with E-state index in [9.17, 15) is 19.1 Å². The molecule has 0 radical (unpaired) electrons. The Labute approximate surface area is 174 Å². The van der Waals surface area contributed by atoms with Gasteiger partial charge in [0.25, 0.3) is 11.7 Å². The van der Waals surface area contributed by atoms with E-state index in [1.54, 1.807) is 42.5 Å². The fraction of sp³-hybridized carbons (Fsp3) is 0.304. The van der Waals surface area contributed by atoms with Crippen molar-refractivity contribution in [2.45, 2.75) is 6.04 Å². The number of ether oxygens (including phenoxy) is 1. The molecular formula is C23H23FN2O4. The van der Waals surface area contributed by atoms with Crippen molar-refractivity contribution in [3.8, 4) is 0 Å². The summed E-state index contributed by atoms with van der Waals surface area (Å²) in [6, 6.07) is 13.6. The molecule has 2 aliphatic heterocycles. The van der Waals surface area contributed by atoms with Crippen LogP contribution in [0.15, 0.2) is 60.2 Å². The number of hydrogen-bond acceptors (Lipinski definition) is 5. The molecule has 2 heterocycles. The van der Waals surface area contributed by atoms with Crippen molar-refractivity contribution in [3.63, 3.8) is 0 Å². The van der Waals surface area contributed by atoms with Gasteiger partial charge in [-0.05, 0) is 17.7 Å². The van der Waals surface area contributed by atoms with Crippen molar-refractivity contribution in [2.24, 2.45) is 0 Å². The summed E-state index contributed by atoms with van der Waals surface area (Å²) >= 11 is 0. The third kappa shape index (κ3) is 3.99. The second-order valence-corrected chi connectivity index (χ2v) is 7.36. The first-order valence-electron chi connectivity index (χ1n) is 9.95. The lowest BCUT2D eigenvalue weighted by Gasteiger charge is -2.31. The lowest BCUT2D eigenvalue weighted by atomic mass is 9.95. The third-order valence-electron chi connectivity index (χ3n) is 5.53. The molecule has 2 aromatic carbocycles. The van der Waals surface area contributed by atoms with E-state index in [2.05, 4.69) is 4.90 Å². The fourth-order valence-corrected chi connectivity index (χ4v) is 3.93. The number of carbonyl (C=O) groups excluding carboxylic acids is 2. The van der Waals surface area contributed by atoms with Crippen LogP contribution < -0.4 is 0 Å². The summed E-state index contributed by atoms with van der Waals surface area (Å²) < 4.78 is 18.9. The summed E-state index contributed by atoms with van der Waals surface area (Å²) in [6.45, 7) is 3.68. The van der Waals surface area contributed by atoms with Gasteiger partial charge in [-0.1, -0.05) is 42.5 Å². The van der Waals surface area contributed by atoms with E-state index >= 15 is 0 Å². The van der Waals surface area contributed by atoms with Crippen LogP contribution in [0.4, 0.5) is 4.39 Å². The molecule has 4 rings (SSSR count). The molecule has 0 bridgehead atoms. The molecule has 30 heavy (non-hydrogen) atoms. The Kier molecular flexibility index (Phi) is 5.92. The second-order valence-electron chi connectivity index (χ2n) is 7.36. The molecule has 6 nitrogen and oxygen atoms in total. The van der Waals surface area contributed by atoms with E-state index in [1.165, 1.54) is 17.0 Å². The Morgan fingerprint density at radius 2 is 1.67 bits per heavy atom. The molecule has 1 atom stereocenters. The first kappa shape index (κ1) is 20.3. The van der Waals surface area contributed by atoms with Gasteiger partial charge in [0.1, 0.15) is 11.6 Å². The van der Waals surface area contributed by atoms with Crippen molar-refractivity contribution in [3.05, 3.63) is 77.1 Å². The van der Waals surface area contributed by atoms with Gasteiger partial charge < -0.3 is 14.7 Å². The van der Waals surface area contributed by atoms with Crippen molar-refractivity contribution in [1.29, 1.82) is 0 Å². The quantitative estimate of drug-likeness (QED) is 0.466. The summed E-state index contributed by atoms with van der Waals surface area (Å²) in [5.74, 6) is -2.02. The van der Waals surface area contributed by atoms with Crippen molar-refractivity contribution in [2.75, 3.05) is 39.4 Å². The maximum Gasteiger partial charge on any atom is 0.295 e. The smallest absolute Gasteiger partial charge is 0.295 e. The zero-order valence-electron chi connectivity index (χ0n) is 16.5. The van der Waals surface area contributed by atoms with Gasteiger partial charge in [0.2, 0.25) is 0 Å². The van der Waals surface area contributed by atoms with Gasteiger partial charge in [-0.25, -0.2) is 4.39 Å². The number of halogens is 1. The number of amides is 1. The average Bonchev–Trinajstić information content (AvgIpc) is 3.04. The van der Waals surface area contributed by atoms with Crippen LogP contribution in [0.25, 0.3) is 5.76 Å². The molecule has 2 saturated heterocycles.